The largest absolute Gasteiger partial charge is 0.494 e. The minimum absolute atomic E-state index is 0.509. The lowest BCUT2D eigenvalue weighted by molar-refractivity contribution is 0.289. The lowest BCUT2D eigenvalue weighted by Gasteiger charge is -2.12. The van der Waals surface area contributed by atoms with Crippen LogP contribution in [0.4, 0.5) is 5.13 Å². The summed E-state index contributed by atoms with van der Waals surface area (Å²) < 4.78 is 6.93. The zero-order valence-electron chi connectivity index (χ0n) is 19.5. The topological polar surface area (TPSA) is 85.7 Å². The summed E-state index contributed by atoms with van der Waals surface area (Å²) in [5.41, 5.74) is 3.08. The summed E-state index contributed by atoms with van der Waals surface area (Å²) in [5, 5.41) is 4.21. The molecule has 7 nitrogen and oxygen atoms in total. The standard InChI is InChI=1S/C25H27BrN6OS/c1-4-8-29-25-30-15-23(34-25)21-13-20(31-24(32-21)22-14-27-9-10-28-22)18-12-17(5-6-19(18)26)33-11-7-16(2)3/h5-6,9-10,12-16H,4,7-8,11H2,1-3H3,(H,29,30). The second-order valence-electron chi connectivity index (χ2n) is 8.18. The van der Waals surface area contributed by atoms with Crippen LogP contribution in [-0.4, -0.2) is 38.1 Å². The Balaban J connectivity index is 1.75. The molecule has 0 saturated carbocycles. The summed E-state index contributed by atoms with van der Waals surface area (Å²) in [6, 6.07) is 7.95. The number of hydrogen-bond acceptors (Lipinski definition) is 8. The van der Waals surface area contributed by atoms with E-state index in [1.807, 2.05) is 30.5 Å². The quantitative estimate of drug-likeness (QED) is 0.239. The molecule has 34 heavy (non-hydrogen) atoms. The second kappa shape index (κ2) is 11.5. The van der Waals surface area contributed by atoms with Gasteiger partial charge in [-0.25, -0.2) is 19.9 Å². The number of anilines is 1. The molecule has 0 unspecified atom stereocenters. The van der Waals surface area contributed by atoms with Gasteiger partial charge in [0.15, 0.2) is 11.0 Å². The number of halogens is 1. The van der Waals surface area contributed by atoms with Crippen molar-refractivity contribution in [1.29, 1.82) is 0 Å². The molecule has 0 saturated heterocycles. The molecule has 0 bridgehead atoms. The average Bonchev–Trinajstić information content (AvgIpc) is 3.33. The number of nitrogens with zero attached hydrogens (tertiary/aromatic N) is 5. The first-order chi connectivity index (χ1) is 16.5. The van der Waals surface area contributed by atoms with Crippen LogP contribution in [0.1, 0.15) is 33.6 Å². The van der Waals surface area contributed by atoms with Crippen molar-refractivity contribution in [2.75, 3.05) is 18.5 Å². The molecule has 0 aliphatic carbocycles. The molecule has 0 fully saturated rings. The van der Waals surface area contributed by atoms with Crippen LogP contribution in [0.25, 0.3) is 33.3 Å². The Morgan fingerprint density at radius 3 is 2.65 bits per heavy atom. The maximum absolute atomic E-state index is 6.00. The van der Waals surface area contributed by atoms with Gasteiger partial charge in [-0.3, -0.25) is 4.98 Å². The summed E-state index contributed by atoms with van der Waals surface area (Å²) in [7, 11) is 0. The summed E-state index contributed by atoms with van der Waals surface area (Å²) in [6.07, 6.45) is 8.83. The molecule has 9 heteroatoms. The van der Waals surface area contributed by atoms with Crippen molar-refractivity contribution < 1.29 is 4.74 Å². The molecule has 0 atom stereocenters. The van der Waals surface area contributed by atoms with Crippen LogP contribution < -0.4 is 10.1 Å². The number of ether oxygens (including phenoxy) is 1. The van der Waals surface area contributed by atoms with Crippen molar-refractivity contribution in [3.8, 4) is 39.1 Å². The predicted octanol–water partition coefficient (Wildman–Crippen LogP) is 6.73. The highest BCUT2D eigenvalue weighted by molar-refractivity contribution is 9.10. The normalized spacial score (nSPS) is 11.1. The van der Waals surface area contributed by atoms with Crippen LogP contribution in [0.3, 0.4) is 0 Å². The third-order valence-electron chi connectivity index (χ3n) is 4.98. The maximum Gasteiger partial charge on any atom is 0.183 e. The van der Waals surface area contributed by atoms with Crippen molar-refractivity contribution in [2.45, 2.75) is 33.6 Å². The molecular weight excluding hydrogens is 512 g/mol. The minimum Gasteiger partial charge on any atom is -0.494 e. The van der Waals surface area contributed by atoms with Crippen molar-refractivity contribution in [2.24, 2.45) is 5.92 Å². The molecule has 0 aliphatic heterocycles. The zero-order valence-corrected chi connectivity index (χ0v) is 21.9. The number of thiazole rings is 1. The van der Waals surface area contributed by atoms with Gasteiger partial charge in [-0.15, -0.1) is 0 Å². The van der Waals surface area contributed by atoms with Gasteiger partial charge in [0.1, 0.15) is 11.4 Å². The monoisotopic (exact) mass is 538 g/mol. The highest BCUT2D eigenvalue weighted by Crippen LogP contribution is 2.35. The zero-order chi connectivity index (χ0) is 23.9. The Bertz CT molecular complexity index is 1230. The Labute approximate surface area is 212 Å². The van der Waals surface area contributed by atoms with Crippen LogP contribution in [0.15, 0.2) is 53.5 Å². The first kappa shape index (κ1) is 24.2. The molecule has 0 aliphatic rings. The van der Waals surface area contributed by atoms with Crippen molar-refractivity contribution in [3.63, 3.8) is 0 Å². The van der Waals surface area contributed by atoms with E-state index in [0.717, 1.165) is 56.6 Å². The Morgan fingerprint density at radius 1 is 1.03 bits per heavy atom. The Hall–Kier alpha value is -2.91. The lowest BCUT2D eigenvalue weighted by atomic mass is 10.1. The lowest BCUT2D eigenvalue weighted by Crippen LogP contribution is -2.02. The summed E-state index contributed by atoms with van der Waals surface area (Å²) >= 11 is 5.26. The van der Waals surface area contributed by atoms with Crippen LogP contribution in [-0.2, 0) is 0 Å². The number of aromatic nitrogens is 5. The minimum atomic E-state index is 0.509. The summed E-state index contributed by atoms with van der Waals surface area (Å²) in [6.45, 7) is 8.06. The molecule has 1 N–H and O–H groups in total. The van der Waals surface area contributed by atoms with E-state index in [-0.39, 0.29) is 0 Å². The summed E-state index contributed by atoms with van der Waals surface area (Å²) in [4.78, 5) is 23.7. The fourth-order valence-electron chi connectivity index (χ4n) is 3.15. The van der Waals surface area contributed by atoms with Gasteiger partial charge in [0, 0.05) is 35.2 Å². The molecule has 3 heterocycles. The van der Waals surface area contributed by atoms with Gasteiger partial charge in [-0.1, -0.05) is 48.0 Å². The van der Waals surface area contributed by atoms with Gasteiger partial charge in [0.2, 0.25) is 0 Å². The fraction of sp³-hybridized carbons (Fsp3) is 0.320. The van der Waals surface area contributed by atoms with Crippen LogP contribution >= 0.6 is 27.3 Å². The third-order valence-corrected chi connectivity index (χ3v) is 6.65. The highest BCUT2D eigenvalue weighted by atomic mass is 79.9. The first-order valence-corrected chi connectivity index (χ1v) is 12.9. The summed E-state index contributed by atoms with van der Waals surface area (Å²) in [5.74, 6) is 1.91. The molecular formula is C25H27BrN6OS. The maximum atomic E-state index is 6.00. The first-order valence-electron chi connectivity index (χ1n) is 11.3. The number of rotatable bonds is 10. The molecule has 0 radical (unpaired) electrons. The van der Waals surface area contributed by atoms with E-state index in [4.69, 9.17) is 14.7 Å². The number of benzene rings is 1. The van der Waals surface area contributed by atoms with Gasteiger partial charge in [-0.05, 0) is 43.0 Å². The molecule has 3 aromatic heterocycles. The van der Waals surface area contributed by atoms with Crippen LogP contribution in [0, 0.1) is 5.92 Å². The van der Waals surface area contributed by atoms with Crippen molar-refractivity contribution >= 4 is 32.4 Å². The second-order valence-corrected chi connectivity index (χ2v) is 10.1. The Morgan fingerprint density at radius 2 is 1.88 bits per heavy atom. The fourth-order valence-corrected chi connectivity index (χ4v) is 4.40. The average molecular weight is 540 g/mol. The van der Waals surface area contributed by atoms with E-state index in [2.05, 4.69) is 57.0 Å². The van der Waals surface area contributed by atoms with Crippen molar-refractivity contribution in [3.05, 3.63) is 53.5 Å². The Kier molecular flexibility index (Phi) is 8.18. The van der Waals surface area contributed by atoms with E-state index >= 15 is 0 Å². The number of nitrogens with one attached hydrogen (secondary N) is 1. The molecule has 0 spiro atoms. The molecule has 4 rings (SSSR count). The predicted molar refractivity (Wildman–Crippen MR) is 141 cm³/mol. The van der Waals surface area contributed by atoms with Crippen molar-refractivity contribution in [1.82, 2.24) is 24.9 Å². The van der Waals surface area contributed by atoms with Crippen LogP contribution in [0.5, 0.6) is 5.75 Å². The highest BCUT2D eigenvalue weighted by Gasteiger charge is 2.16. The molecule has 1 aromatic carbocycles. The van der Waals surface area contributed by atoms with Gasteiger partial charge in [0.25, 0.3) is 0 Å². The van der Waals surface area contributed by atoms with Gasteiger partial charge < -0.3 is 10.1 Å². The SMILES string of the molecule is CCCNc1ncc(-c2cc(-c3cc(OCCC(C)C)ccc3Br)nc(-c3cnccn3)n2)s1. The van der Waals surface area contributed by atoms with Gasteiger partial charge >= 0.3 is 0 Å². The molecule has 4 aromatic rings. The van der Waals surface area contributed by atoms with Gasteiger partial charge in [0.05, 0.1) is 29.1 Å². The van der Waals surface area contributed by atoms with E-state index in [1.54, 1.807) is 29.9 Å². The smallest absolute Gasteiger partial charge is 0.183 e. The van der Waals surface area contributed by atoms with Crippen LogP contribution in [0.2, 0.25) is 0 Å². The van der Waals surface area contributed by atoms with E-state index in [0.29, 0.717) is 24.0 Å². The van der Waals surface area contributed by atoms with Gasteiger partial charge in [-0.2, -0.15) is 0 Å². The van der Waals surface area contributed by atoms with E-state index in [9.17, 15) is 0 Å². The molecule has 0 amide bonds. The number of hydrogen-bond donors (Lipinski definition) is 1. The molecule has 176 valence electrons. The third kappa shape index (κ3) is 6.15. The van der Waals surface area contributed by atoms with E-state index < -0.39 is 0 Å². The van der Waals surface area contributed by atoms with E-state index in [1.165, 1.54) is 0 Å².